The van der Waals surface area contributed by atoms with E-state index in [9.17, 15) is 0 Å². The first kappa shape index (κ1) is 11.2. The molecule has 1 fully saturated rings. The first-order chi connectivity index (χ1) is 7.12. The van der Waals surface area contributed by atoms with Crippen molar-refractivity contribution in [1.29, 1.82) is 0 Å². The van der Waals surface area contributed by atoms with E-state index in [1.165, 1.54) is 12.0 Å². The first-order valence-corrected chi connectivity index (χ1v) is 6.37. The number of halogens is 1. The molecule has 0 aromatic heterocycles. The Bertz CT molecular complexity index is 325. The molecular formula is C13H18BrN. The van der Waals surface area contributed by atoms with Gasteiger partial charge in [0.1, 0.15) is 0 Å². The molecule has 1 nitrogen and oxygen atoms in total. The van der Waals surface area contributed by atoms with Crippen LogP contribution in [0, 0.1) is 5.41 Å². The maximum atomic E-state index is 3.48. The van der Waals surface area contributed by atoms with E-state index >= 15 is 0 Å². The predicted molar refractivity (Wildman–Crippen MR) is 68.2 cm³/mol. The second-order valence-corrected chi connectivity index (χ2v) is 5.77. The number of nitrogens with one attached hydrogen (secondary N) is 1. The zero-order chi connectivity index (χ0) is 10.9. The minimum absolute atomic E-state index is 0.424. The molecule has 2 atom stereocenters. The van der Waals surface area contributed by atoms with E-state index in [-0.39, 0.29) is 0 Å². The van der Waals surface area contributed by atoms with Crippen molar-refractivity contribution >= 4 is 15.9 Å². The molecule has 1 unspecified atom stereocenters. The third-order valence-corrected chi connectivity index (χ3v) is 4.35. The van der Waals surface area contributed by atoms with Crippen molar-refractivity contribution in [2.75, 3.05) is 13.1 Å². The maximum absolute atomic E-state index is 3.48. The standard InChI is InChI=1S/C13H18BrN/c1-10(13(2)7-8-15-9-13)11-3-5-12(14)6-4-11/h3-6,10,15H,7-9H2,1-2H3/t10?,13-/m0/s1. The Morgan fingerprint density at radius 2 is 2.00 bits per heavy atom. The summed E-state index contributed by atoms with van der Waals surface area (Å²) < 4.78 is 1.16. The highest BCUT2D eigenvalue weighted by Crippen LogP contribution is 2.40. The quantitative estimate of drug-likeness (QED) is 0.864. The van der Waals surface area contributed by atoms with Crippen LogP contribution in [0.4, 0.5) is 0 Å². The summed E-state index contributed by atoms with van der Waals surface area (Å²) in [4.78, 5) is 0. The number of benzene rings is 1. The van der Waals surface area contributed by atoms with E-state index in [0.717, 1.165) is 17.6 Å². The Hall–Kier alpha value is -0.340. The Balaban J connectivity index is 2.19. The van der Waals surface area contributed by atoms with Crippen molar-refractivity contribution < 1.29 is 0 Å². The lowest BCUT2D eigenvalue weighted by Crippen LogP contribution is -2.26. The van der Waals surface area contributed by atoms with Crippen molar-refractivity contribution in [2.24, 2.45) is 5.41 Å². The summed E-state index contributed by atoms with van der Waals surface area (Å²) in [7, 11) is 0. The summed E-state index contributed by atoms with van der Waals surface area (Å²) >= 11 is 3.48. The average molecular weight is 268 g/mol. The molecule has 1 aliphatic heterocycles. The van der Waals surface area contributed by atoms with Gasteiger partial charge in [0.25, 0.3) is 0 Å². The highest BCUT2D eigenvalue weighted by Gasteiger charge is 2.34. The van der Waals surface area contributed by atoms with Gasteiger partial charge in [-0.2, -0.15) is 0 Å². The van der Waals surface area contributed by atoms with Gasteiger partial charge in [-0.05, 0) is 42.0 Å². The molecule has 0 aliphatic carbocycles. The Labute approximate surface area is 100 Å². The summed E-state index contributed by atoms with van der Waals surface area (Å²) in [5.41, 5.74) is 1.87. The molecule has 1 N–H and O–H groups in total. The SMILES string of the molecule is CC(c1ccc(Br)cc1)[C@@]1(C)CCNC1. The number of hydrogen-bond acceptors (Lipinski definition) is 1. The fourth-order valence-corrected chi connectivity index (χ4v) is 2.62. The van der Waals surface area contributed by atoms with Crippen LogP contribution in [-0.2, 0) is 0 Å². The Morgan fingerprint density at radius 1 is 1.33 bits per heavy atom. The van der Waals surface area contributed by atoms with Gasteiger partial charge < -0.3 is 5.32 Å². The van der Waals surface area contributed by atoms with Crippen LogP contribution in [0.1, 0.15) is 31.7 Å². The molecule has 82 valence electrons. The predicted octanol–water partition coefficient (Wildman–Crippen LogP) is 3.55. The summed E-state index contributed by atoms with van der Waals surface area (Å²) in [6.45, 7) is 7.04. The lowest BCUT2D eigenvalue weighted by molar-refractivity contribution is 0.300. The van der Waals surface area contributed by atoms with E-state index < -0.39 is 0 Å². The third-order valence-electron chi connectivity index (χ3n) is 3.82. The molecule has 0 spiro atoms. The second kappa shape index (κ2) is 4.26. The van der Waals surface area contributed by atoms with E-state index in [1.807, 2.05) is 0 Å². The Morgan fingerprint density at radius 3 is 2.53 bits per heavy atom. The van der Waals surface area contributed by atoms with Crippen LogP contribution < -0.4 is 5.32 Å². The molecule has 1 aromatic rings. The largest absolute Gasteiger partial charge is 0.316 e. The van der Waals surface area contributed by atoms with Crippen molar-refractivity contribution in [3.8, 4) is 0 Å². The normalized spacial score (nSPS) is 27.9. The number of hydrogen-bond donors (Lipinski definition) is 1. The minimum atomic E-state index is 0.424. The molecule has 0 radical (unpaired) electrons. The zero-order valence-corrected chi connectivity index (χ0v) is 11.0. The van der Waals surface area contributed by atoms with Gasteiger partial charge in [0.05, 0.1) is 0 Å². The monoisotopic (exact) mass is 267 g/mol. The van der Waals surface area contributed by atoms with Crippen molar-refractivity contribution in [1.82, 2.24) is 5.32 Å². The molecule has 15 heavy (non-hydrogen) atoms. The summed E-state index contributed by atoms with van der Waals surface area (Å²) in [5, 5.41) is 3.47. The van der Waals surface area contributed by atoms with Crippen LogP contribution in [0.25, 0.3) is 0 Å². The van der Waals surface area contributed by atoms with Crippen LogP contribution >= 0.6 is 15.9 Å². The van der Waals surface area contributed by atoms with Gasteiger partial charge >= 0.3 is 0 Å². The molecule has 1 aliphatic rings. The van der Waals surface area contributed by atoms with Crippen LogP contribution in [0.5, 0.6) is 0 Å². The minimum Gasteiger partial charge on any atom is -0.316 e. The van der Waals surface area contributed by atoms with Crippen molar-refractivity contribution in [3.63, 3.8) is 0 Å². The lowest BCUT2D eigenvalue weighted by Gasteiger charge is -2.31. The van der Waals surface area contributed by atoms with Gasteiger partial charge in [0.15, 0.2) is 0 Å². The summed E-state index contributed by atoms with van der Waals surface area (Å²) in [6, 6.07) is 8.74. The van der Waals surface area contributed by atoms with E-state index in [2.05, 4.69) is 59.4 Å². The maximum Gasteiger partial charge on any atom is 0.0175 e. The van der Waals surface area contributed by atoms with E-state index in [1.54, 1.807) is 0 Å². The smallest absolute Gasteiger partial charge is 0.0175 e. The molecule has 1 saturated heterocycles. The summed E-state index contributed by atoms with van der Waals surface area (Å²) in [6.07, 6.45) is 1.28. The van der Waals surface area contributed by atoms with E-state index in [4.69, 9.17) is 0 Å². The second-order valence-electron chi connectivity index (χ2n) is 4.85. The molecule has 1 heterocycles. The van der Waals surface area contributed by atoms with Crippen molar-refractivity contribution in [3.05, 3.63) is 34.3 Å². The van der Waals surface area contributed by atoms with Gasteiger partial charge in [-0.15, -0.1) is 0 Å². The van der Waals surface area contributed by atoms with Crippen LogP contribution in [0.15, 0.2) is 28.7 Å². The Kier molecular flexibility index (Phi) is 3.17. The van der Waals surface area contributed by atoms with Crippen LogP contribution in [-0.4, -0.2) is 13.1 Å². The first-order valence-electron chi connectivity index (χ1n) is 5.58. The van der Waals surface area contributed by atoms with E-state index in [0.29, 0.717) is 11.3 Å². The molecule has 0 saturated carbocycles. The van der Waals surface area contributed by atoms with Gasteiger partial charge in [0, 0.05) is 11.0 Å². The van der Waals surface area contributed by atoms with Gasteiger partial charge in [-0.1, -0.05) is 41.9 Å². The fraction of sp³-hybridized carbons (Fsp3) is 0.538. The molecule has 0 bridgehead atoms. The van der Waals surface area contributed by atoms with Gasteiger partial charge in [0.2, 0.25) is 0 Å². The van der Waals surface area contributed by atoms with Crippen molar-refractivity contribution in [2.45, 2.75) is 26.2 Å². The third kappa shape index (κ3) is 2.26. The summed E-state index contributed by atoms with van der Waals surface area (Å²) in [5.74, 6) is 0.626. The molecule has 2 rings (SSSR count). The van der Waals surface area contributed by atoms with Crippen LogP contribution in [0.2, 0.25) is 0 Å². The number of rotatable bonds is 2. The van der Waals surface area contributed by atoms with Crippen LogP contribution in [0.3, 0.4) is 0 Å². The lowest BCUT2D eigenvalue weighted by atomic mass is 9.74. The molecular weight excluding hydrogens is 250 g/mol. The zero-order valence-electron chi connectivity index (χ0n) is 9.39. The highest BCUT2D eigenvalue weighted by atomic mass is 79.9. The van der Waals surface area contributed by atoms with Gasteiger partial charge in [-0.3, -0.25) is 0 Å². The average Bonchev–Trinajstić information content (AvgIpc) is 2.67. The van der Waals surface area contributed by atoms with Gasteiger partial charge in [-0.25, -0.2) is 0 Å². The molecule has 2 heteroatoms. The molecule has 1 aromatic carbocycles. The topological polar surface area (TPSA) is 12.0 Å². The fourth-order valence-electron chi connectivity index (χ4n) is 2.36. The highest BCUT2D eigenvalue weighted by molar-refractivity contribution is 9.10. The molecule has 0 amide bonds.